The number of anilines is 2. The summed E-state index contributed by atoms with van der Waals surface area (Å²) in [6.45, 7) is 3.57. The molecule has 0 bridgehead atoms. The molecule has 1 amide bonds. The zero-order valence-corrected chi connectivity index (χ0v) is 15.2. The van der Waals surface area contributed by atoms with E-state index in [-0.39, 0.29) is 36.4 Å². The Balaban J connectivity index is 2.43. The summed E-state index contributed by atoms with van der Waals surface area (Å²) in [6, 6.07) is 6.88. The highest BCUT2D eigenvalue weighted by Crippen LogP contribution is 2.28. The number of methoxy groups -OCH3 is 2. The molecule has 140 valence electrons. The van der Waals surface area contributed by atoms with Crippen LogP contribution >= 0.6 is 0 Å². The minimum Gasteiger partial charge on any atom is -0.466 e. The Labute approximate surface area is 151 Å². The first-order valence-electron chi connectivity index (χ1n) is 8.05. The lowest BCUT2D eigenvalue weighted by atomic mass is 10.1. The Morgan fingerprint density at radius 2 is 1.85 bits per heavy atom. The second kappa shape index (κ2) is 8.48. The van der Waals surface area contributed by atoms with E-state index in [9.17, 15) is 14.4 Å². The van der Waals surface area contributed by atoms with Gasteiger partial charge in [-0.1, -0.05) is 19.9 Å². The summed E-state index contributed by atoms with van der Waals surface area (Å²) in [5.41, 5.74) is 1.25. The van der Waals surface area contributed by atoms with Gasteiger partial charge in [0.15, 0.2) is 0 Å². The summed E-state index contributed by atoms with van der Waals surface area (Å²) in [6.07, 6.45) is 0. The monoisotopic (exact) mass is 362 g/mol. The maximum absolute atomic E-state index is 12.3. The van der Waals surface area contributed by atoms with Crippen molar-refractivity contribution < 1.29 is 28.6 Å². The minimum absolute atomic E-state index is 0.0481. The van der Waals surface area contributed by atoms with Crippen LogP contribution in [0.15, 0.2) is 35.5 Å². The molecular formula is C18H22N2O6. The van der Waals surface area contributed by atoms with Crippen LogP contribution in [-0.4, -0.2) is 45.4 Å². The van der Waals surface area contributed by atoms with Gasteiger partial charge in [0.25, 0.3) is 0 Å². The number of hydrogen-bond acceptors (Lipinski definition) is 7. The van der Waals surface area contributed by atoms with Crippen molar-refractivity contribution >= 4 is 29.2 Å². The van der Waals surface area contributed by atoms with E-state index in [2.05, 4.69) is 5.32 Å². The van der Waals surface area contributed by atoms with E-state index in [0.717, 1.165) is 0 Å². The molecule has 1 heterocycles. The van der Waals surface area contributed by atoms with Gasteiger partial charge in [-0.05, 0) is 18.2 Å². The predicted molar refractivity (Wildman–Crippen MR) is 94.3 cm³/mol. The van der Waals surface area contributed by atoms with Crippen molar-refractivity contribution in [1.29, 1.82) is 0 Å². The fourth-order valence-electron chi connectivity index (χ4n) is 2.39. The van der Waals surface area contributed by atoms with Crippen LogP contribution in [0.1, 0.15) is 13.8 Å². The SMILES string of the molecule is COC(=O)C1=C(C(=O)OC)N(c2cccc(NC(=O)C(C)C)c2)COC1. The average Bonchev–Trinajstić information content (AvgIpc) is 2.66. The Hall–Kier alpha value is -2.87. The zero-order chi connectivity index (χ0) is 19.3. The molecule has 0 saturated carbocycles. The number of nitrogens with one attached hydrogen (secondary N) is 1. The first-order chi connectivity index (χ1) is 12.4. The van der Waals surface area contributed by atoms with E-state index in [1.54, 1.807) is 38.1 Å². The second-order valence-electron chi connectivity index (χ2n) is 5.91. The number of amides is 1. The van der Waals surface area contributed by atoms with Gasteiger partial charge in [0.2, 0.25) is 5.91 Å². The van der Waals surface area contributed by atoms with Crippen LogP contribution < -0.4 is 10.2 Å². The third-order valence-electron chi connectivity index (χ3n) is 3.78. The van der Waals surface area contributed by atoms with Crippen molar-refractivity contribution in [1.82, 2.24) is 0 Å². The molecule has 1 aromatic rings. The number of carbonyl (C=O) groups is 3. The van der Waals surface area contributed by atoms with Gasteiger partial charge < -0.3 is 24.4 Å². The number of rotatable bonds is 5. The smallest absolute Gasteiger partial charge is 0.355 e. The van der Waals surface area contributed by atoms with E-state index in [1.165, 1.54) is 19.1 Å². The van der Waals surface area contributed by atoms with Crippen molar-refractivity contribution in [2.75, 3.05) is 37.8 Å². The molecule has 1 aliphatic heterocycles. The molecule has 0 saturated heterocycles. The number of hydrogen-bond donors (Lipinski definition) is 1. The Bertz CT molecular complexity index is 741. The molecule has 0 spiro atoms. The summed E-state index contributed by atoms with van der Waals surface area (Å²) in [4.78, 5) is 37.7. The summed E-state index contributed by atoms with van der Waals surface area (Å²) < 4.78 is 15.0. The fourth-order valence-corrected chi connectivity index (χ4v) is 2.39. The maximum Gasteiger partial charge on any atom is 0.355 e. The second-order valence-corrected chi connectivity index (χ2v) is 5.91. The number of nitrogens with zero attached hydrogens (tertiary/aromatic N) is 1. The van der Waals surface area contributed by atoms with Crippen LogP contribution in [0.25, 0.3) is 0 Å². The van der Waals surface area contributed by atoms with Gasteiger partial charge in [-0.3, -0.25) is 4.79 Å². The Kier molecular flexibility index (Phi) is 6.35. The number of carbonyl (C=O) groups excluding carboxylic acids is 3. The summed E-state index contributed by atoms with van der Waals surface area (Å²) in [5.74, 6) is -1.64. The topological polar surface area (TPSA) is 94.2 Å². The maximum atomic E-state index is 12.3. The van der Waals surface area contributed by atoms with E-state index >= 15 is 0 Å². The van der Waals surface area contributed by atoms with Gasteiger partial charge in [-0.15, -0.1) is 0 Å². The van der Waals surface area contributed by atoms with E-state index in [1.807, 2.05) is 0 Å². The molecule has 0 radical (unpaired) electrons. The highest BCUT2D eigenvalue weighted by molar-refractivity contribution is 6.03. The van der Waals surface area contributed by atoms with Gasteiger partial charge in [0.05, 0.1) is 26.4 Å². The molecule has 8 heteroatoms. The fraction of sp³-hybridized carbons (Fsp3) is 0.389. The molecule has 0 aromatic heterocycles. The van der Waals surface area contributed by atoms with E-state index in [4.69, 9.17) is 14.2 Å². The highest BCUT2D eigenvalue weighted by atomic mass is 16.5. The molecular weight excluding hydrogens is 340 g/mol. The van der Waals surface area contributed by atoms with Crippen LogP contribution in [0.5, 0.6) is 0 Å². The summed E-state index contributed by atoms with van der Waals surface area (Å²) in [5, 5.41) is 2.79. The third-order valence-corrected chi connectivity index (χ3v) is 3.78. The molecule has 0 fully saturated rings. The van der Waals surface area contributed by atoms with Crippen LogP contribution in [-0.2, 0) is 28.6 Å². The van der Waals surface area contributed by atoms with Gasteiger partial charge in [-0.2, -0.15) is 0 Å². The molecule has 8 nitrogen and oxygen atoms in total. The first-order valence-corrected chi connectivity index (χ1v) is 8.05. The van der Waals surface area contributed by atoms with Crippen molar-refractivity contribution in [2.45, 2.75) is 13.8 Å². The Morgan fingerprint density at radius 1 is 1.15 bits per heavy atom. The zero-order valence-electron chi connectivity index (χ0n) is 15.2. The molecule has 2 rings (SSSR count). The largest absolute Gasteiger partial charge is 0.466 e. The molecule has 1 N–H and O–H groups in total. The lowest BCUT2D eigenvalue weighted by molar-refractivity contribution is -0.140. The molecule has 26 heavy (non-hydrogen) atoms. The van der Waals surface area contributed by atoms with Gasteiger partial charge in [0, 0.05) is 17.3 Å². The average molecular weight is 362 g/mol. The highest BCUT2D eigenvalue weighted by Gasteiger charge is 2.32. The van der Waals surface area contributed by atoms with Crippen LogP contribution in [0.2, 0.25) is 0 Å². The van der Waals surface area contributed by atoms with E-state index in [0.29, 0.717) is 11.4 Å². The van der Waals surface area contributed by atoms with Gasteiger partial charge in [0.1, 0.15) is 12.4 Å². The van der Waals surface area contributed by atoms with E-state index < -0.39 is 11.9 Å². The molecule has 0 aliphatic carbocycles. The Morgan fingerprint density at radius 3 is 2.46 bits per heavy atom. The lowest BCUT2D eigenvalue weighted by Crippen LogP contribution is -2.38. The summed E-state index contributed by atoms with van der Waals surface area (Å²) >= 11 is 0. The molecule has 0 unspecified atom stereocenters. The van der Waals surface area contributed by atoms with Gasteiger partial charge >= 0.3 is 11.9 Å². The van der Waals surface area contributed by atoms with Crippen molar-refractivity contribution in [3.63, 3.8) is 0 Å². The van der Waals surface area contributed by atoms with Crippen LogP contribution in [0, 0.1) is 5.92 Å². The van der Waals surface area contributed by atoms with Crippen molar-refractivity contribution in [2.24, 2.45) is 5.92 Å². The third kappa shape index (κ3) is 4.20. The predicted octanol–water partition coefficient (Wildman–Crippen LogP) is 1.68. The summed E-state index contributed by atoms with van der Waals surface area (Å²) in [7, 11) is 2.46. The molecule has 1 aromatic carbocycles. The van der Waals surface area contributed by atoms with Crippen LogP contribution in [0.4, 0.5) is 11.4 Å². The first kappa shape index (κ1) is 19.5. The quantitative estimate of drug-likeness (QED) is 0.796. The number of benzene rings is 1. The van der Waals surface area contributed by atoms with Gasteiger partial charge in [-0.25, -0.2) is 9.59 Å². The van der Waals surface area contributed by atoms with Crippen LogP contribution in [0.3, 0.4) is 0 Å². The lowest BCUT2D eigenvalue weighted by Gasteiger charge is -2.31. The van der Waals surface area contributed by atoms with Crippen molar-refractivity contribution in [3.8, 4) is 0 Å². The van der Waals surface area contributed by atoms with Crippen molar-refractivity contribution in [3.05, 3.63) is 35.5 Å². The molecule has 1 aliphatic rings. The number of ether oxygens (including phenoxy) is 3. The minimum atomic E-state index is -0.676. The molecule has 0 atom stereocenters. The normalized spacial score (nSPS) is 14.3. The standard InChI is InChI=1S/C18H22N2O6/c1-11(2)16(21)19-12-6-5-7-13(8-12)20-10-26-9-14(17(22)24-3)15(20)18(23)25-4/h5-8,11H,9-10H2,1-4H3,(H,19,21). The number of esters is 2.